The van der Waals surface area contributed by atoms with Crippen LogP contribution in [-0.4, -0.2) is 24.4 Å². The van der Waals surface area contributed by atoms with Gasteiger partial charge in [0.15, 0.2) is 11.9 Å². The number of fused-ring (bicyclic) bond motifs is 1. The van der Waals surface area contributed by atoms with E-state index in [1.54, 1.807) is 0 Å². The number of allylic oxidation sites excluding steroid dienone is 5. The van der Waals surface area contributed by atoms with E-state index in [4.69, 9.17) is 0 Å². The second-order valence-corrected chi connectivity index (χ2v) is 42.3. The summed E-state index contributed by atoms with van der Waals surface area (Å²) in [4.78, 5) is 3.51. The number of hydrogen-bond acceptors (Lipinski definition) is 2. The zero-order chi connectivity index (χ0) is 17.9. The first kappa shape index (κ1) is 37.5. The van der Waals surface area contributed by atoms with E-state index < -0.39 is 0 Å². The number of anilines is 1. The van der Waals surface area contributed by atoms with Crippen LogP contribution in [0.15, 0.2) is 36.2 Å². The average Bonchev–Trinajstić information content (AvgIpc) is 3.12. The van der Waals surface area contributed by atoms with Crippen LogP contribution in [0, 0.1) is 13.8 Å². The summed E-state index contributed by atoms with van der Waals surface area (Å²) in [6.07, 6.45) is 13.1. The van der Waals surface area contributed by atoms with Gasteiger partial charge in [-0.05, 0) is 37.1 Å². The monoisotopic (exact) mass is 797 g/mol. The van der Waals surface area contributed by atoms with Gasteiger partial charge in [0.25, 0.3) is 0 Å². The maximum atomic E-state index is 2.46. The van der Waals surface area contributed by atoms with Crippen molar-refractivity contribution < 1.29 is 9.50 Å². The van der Waals surface area contributed by atoms with Crippen LogP contribution in [0.4, 0.5) is 5.00 Å². The molecule has 2 aliphatic rings. The Balaban J connectivity index is -0.000000321. The molecule has 0 bridgehead atoms. The molecule has 0 N–H and O–H groups in total. The van der Waals surface area contributed by atoms with Crippen molar-refractivity contribution in [3.8, 4) is 0 Å². The van der Waals surface area contributed by atoms with Crippen LogP contribution in [0.5, 0.6) is 0 Å². The molecule has 2 nitrogen and oxygen atoms in total. The summed E-state index contributed by atoms with van der Waals surface area (Å²) >= 11 is 9.30. The van der Waals surface area contributed by atoms with Crippen LogP contribution < -0.4 is 4.90 Å². The molecule has 0 atom stereocenters. The second-order valence-electron chi connectivity index (χ2n) is 5.70. The third-order valence-electron chi connectivity index (χ3n) is 4.27. The van der Waals surface area contributed by atoms with Crippen molar-refractivity contribution in [1.29, 1.82) is 0 Å². The average molecular weight is 797 g/mol. The molecule has 1 aromatic heterocycles. The molecule has 0 saturated heterocycles. The maximum absolute atomic E-state index is 2.46. The zero-order valence-electron chi connectivity index (χ0n) is 14.2. The van der Waals surface area contributed by atoms with Crippen LogP contribution in [0.1, 0.15) is 59.6 Å². The van der Waals surface area contributed by atoms with E-state index in [1.165, 1.54) is 32.4 Å². The number of aryl methyl sites for hydroxylation is 1. The number of hydrogen-bond donors (Lipinski definition) is 0. The van der Waals surface area contributed by atoms with Gasteiger partial charge in [-0.1, -0.05) is 43.2 Å². The van der Waals surface area contributed by atoms with E-state index >= 15 is 0 Å². The van der Waals surface area contributed by atoms with E-state index in [0.29, 0.717) is 0 Å². The third kappa shape index (κ3) is 10.6. The molecule has 7 heteroatoms. The molecule has 0 fully saturated rings. The van der Waals surface area contributed by atoms with Gasteiger partial charge in [-0.2, -0.15) is 0 Å². The number of likely N-dealkylation sites (N-methyl/N-ethyl adjacent to an activating group) is 1. The summed E-state index contributed by atoms with van der Waals surface area (Å²) < 4.78 is 2.18. The topological polar surface area (TPSA) is 6.25 Å². The Bertz CT molecular complexity index is 732. The molecule has 2 aliphatic heterocycles. The standard InChI is InChI=1S/C17H21N2S.5CH4.3HI.V/c1-12-13(2)20-17-16(12)11-15(19(17)4)8-5-7-14-9-6-10-18(14)3;;;;;;;;;/h5-8,10H,9,11H2,1-4H3;5*1H4;3*1H;/q+1;;;;;;;;;+3/p-3. The Hall–Kier alpha value is 1.16. The summed E-state index contributed by atoms with van der Waals surface area (Å²) in [5.41, 5.74) is 5.73. The summed E-state index contributed by atoms with van der Waals surface area (Å²) in [6.45, 7) is 4.46. The van der Waals surface area contributed by atoms with Gasteiger partial charge < -0.3 is 4.90 Å². The van der Waals surface area contributed by atoms with Gasteiger partial charge in [-0.15, -0.1) is 11.3 Å². The molecule has 3 heterocycles. The van der Waals surface area contributed by atoms with Gasteiger partial charge in [-0.3, -0.25) is 0 Å². The molecule has 0 aromatic carbocycles. The zero-order valence-corrected chi connectivity index (χ0v) is 22.9. The molecule has 0 saturated carbocycles. The molecule has 0 amide bonds. The molecule has 0 aliphatic carbocycles. The quantitative estimate of drug-likeness (QED) is 0.214. The number of nitrogens with zero attached hydrogens (tertiary/aromatic N) is 2. The van der Waals surface area contributed by atoms with Crippen molar-refractivity contribution in [3.63, 3.8) is 0 Å². The first-order chi connectivity index (χ1) is 11.3. The SMILES string of the molecule is C.C.C.C.C.Cc1sc2c(c1C)CC(=CC=CC1=[N+](C)C=CC1)N2C.[I][V]([I])[I]. The van der Waals surface area contributed by atoms with Crippen LogP contribution in [0.3, 0.4) is 0 Å². The Labute approximate surface area is 223 Å². The van der Waals surface area contributed by atoms with Crippen LogP contribution in [0.2, 0.25) is 0 Å². The normalized spacial score (nSPS) is 15.0. The van der Waals surface area contributed by atoms with E-state index in [-0.39, 0.29) is 42.1 Å². The van der Waals surface area contributed by atoms with Gasteiger partial charge in [0.1, 0.15) is 7.05 Å². The van der Waals surface area contributed by atoms with E-state index in [0.717, 1.165) is 12.8 Å². The molecule has 170 valence electrons. The van der Waals surface area contributed by atoms with Crippen molar-refractivity contribution >= 4 is 82.0 Å². The van der Waals surface area contributed by atoms with Gasteiger partial charge >= 0.3 is 64.9 Å². The molecule has 0 radical (unpaired) electrons. The van der Waals surface area contributed by atoms with E-state index in [9.17, 15) is 0 Å². The fourth-order valence-electron chi connectivity index (χ4n) is 2.76. The molecule has 0 spiro atoms. The minimum absolute atomic E-state index is 0. The minimum atomic E-state index is -0.278. The molecule has 0 unspecified atom stereocenters. The third-order valence-corrected chi connectivity index (χ3v) is 5.59. The van der Waals surface area contributed by atoms with Crippen LogP contribution in [-0.2, 0) is 11.3 Å². The van der Waals surface area contributed by atoms with Crippen molar-refractivity contribution in [2.75, 3.05) is 19.0 Å². The Morgan fingerprint density at radius 1 is 1.10 bits per heavy atom. The van der Waals surface area contributed by atoms with Crippen molar-refractivity contribution in [3.05, 3.63) is 52.2 Å². The summed E-state index contributed by atoms with van der Waals surface area (Å²) in [5, 5.41) is 1.42. The van der Waals surface area contributed by atoms with E-state index in [2.05, 4.69) is 128 Å². The van der Waals surface area contributed by atoms with Crippen molar-refractivity contribution in [1.82, 2.24) is 0 Å². The predicted octanol–water partition coefficient (Wildman–Crippen LogP) is 9.63. The fraction of sp³-hybridized carbons (Fsp3) is 0.500. The van der Waals surface area contributed by atoms with Crippen LogP contribution >= 0.6 is 71.3 Å². The van der Waals surface area contributed by atoms with Gasteiger partial charge in [0.05, 0.1) is 11.4 Å². The van der Waals surface area contributed by atoms with Gasteiger partial charge in [0.2, 0.25) is 0 Å². The summed E-state index contributed by atoms with van der Waals surface area (Å²) in [5.74, 6) is 0. The fourth-order valence-corrected chi connectivity index (χ4v) is 3.93. The Morgan fingerprint density at radius 3 is 2.10 bits per heavy atom. The van der Waals surface area contributed by atoms with Gasteiger partial charge in [0, 0.05) is 30.1 Å². The Morgan fingerprint density at radius 2 is 1.66 bits per heavy atom. The molecule has 1 aromatic rings. The number of halogens is 3. The number of thiophene rings is 1. The molecular weight excluding hydrogens is 756 g/mol. The molecule has 29 heavy (non-hydrogen) atoms. The Kier molecular flexibility index (Phi) is 22.9. The summed E-state index contributed by atoms with van der Waals surface area (Å²) in [7, 11) is 4.28. The van der Waals surface area contributed by atoms with Crippen LogP contribution in [0.25, 0.3) is 0 Å². The second kappa shape index (κ2) is 17.7. The first-order valence-corrected chi connectivity index (χ1v) is 21.9. The predicted molar refractivity (Wildman–Crippen MR) is 164 cm³/mol. The van der Waals surface area contributed by atoms with Gasteiger partial charge in [-0.25, -0.2) is 4.58 Å². The molecule has 3 rings (SSSR count). The van der Waals surface area contributed by atoms with Crippen molar-refractivity contribution in [2.24, 2.45) is 0 Å². The first-order valence-electron chi connectivity index (χ1n) is 7.54. The van der Waals surface area contributed by atoms with Crippen molar-refractivity contribution in [2.45, 2.75) is 63.8 Å². The van der Waals surface area contributed by atoms with E-state index in [1.807, 2.05) is 11.3 Å². The molecular formula is C22H41I3N2SV+. The number of rotatable bonds is 2. The summed E-state index contributed by atoms with van der Waals surface area (Å²) in [6, 6.07) is 0.